The maximum atomic E-state index is 11.9. The van der Waals surface area contributed by atoms with Gasteiger partial charge in [0.05, 0.1) is 0 Å². The van der Waals surface area contributed by atoms with Gasteiger partial charge < -0.3 is 5.32 Å². The van der Waals surface area contributed by atoms with Gasteiger partial charge in [0.1, 0.15) is 12.3 Å². The van der Waals surface area contributed by atoms with Crippen LogP contribution in [0.4, 0.5) is 8.78 Å². The molecule has 42 valence electrons. The topological polar surface area (TPSA) is 12.0 Å². The fourth-order valence-corrected chi connectivity index (χ4v) is 0.615. The normalized spacial score (nSPS) is 42.0. The number of hydrogen-bond acceptors (Lipinski definition) is 1. The number of rotatable bonds is 0. The highest BCUT2D eigenvalue weighted by Gasteiger charge is 2.25. The van der Waals surface area contributed by atoms with E-state index >= 15 is 0 Å². The van der Waals surface area contributed by atoms with Crippen LogP contribution in [0.5, 0.6) is 0 Å². The minimum absolute atomic E-state index is 0.182. The summed E-state index contributed by atoms with van der Waals surface area (Å²) < 4.78 is 23.8. The number of hydrogen-bond donors (Lipinski definition) is 1. The highest BCUT2D eigenvalue weighted by molar-refractivity contribution is 4.79. The summed E-state index contributed by atoms with van der Waals surface area (Å²) >= 11 is 0. The molecule has 7 heavy (non-hydrogen) atoms. The van der Waals surface area contributed by atoms with Crippen LogP contribution < -0.4 is 5.32 Å². The molecule has 1 fully saturated rings. The number of alkyl halides is 2. The highest BCUT2D eigenvalue weighted by Crippen LogP contribution is 2.06. The van der Waals surface area contributed by atoms with Gasteiger partial charge in [0, 0.05) is 13.1 Å². The minimum Gasteiger partial charge on any atom is -0.311 e. The maximum absolute atomic E-state index is 11.9. The van der Waals surface area contributed by atoms with E-state index in [9.17, 15) is 8.78 Å². The average molecular weight is 107 g/mol. The molecule has 1 aliphatic heterocycles. The summed E-state index contributed by atoms with van der Waals surface area (Å²) in [6, 6.07) is 0. The first-order chi connectivity index (χ1) is 3.30. The molecular formula is C4H7F2N. The second kappa shape index (κ2) is 1.74. The Balaban J connectivity index is 2.33. The highest BCUT2D eigenvalue weighted by atomic mass is 19.2. The van der Waals surface area contributed by atoms with Crippen molar-refractivity contribution >= 4 is 0 Å². The molecule has 1 heterocycles. The van der Waals surface area contributed by atoms with Gasteiger partial charge in [0.15, 0.2) is 0 Å². The second-order valence-electron chi connectivity index (χ2n) is 1.69. The minimum atomic E-state index is -1.26. The van der Waals surface area contributed by atoms with Gasteiger partial charge in [0.25, 0.3) is 0 Å². The lowest BCUT2D eigenvalue weighted by Crippen LogP contribution is -2.12. The van der Waals surface area contributed by atoms with Crippen molar-refractivity contribution in [2.75, 3.05) is 13.1 Å². The molecule has 1 aliphatic rings. The Morgan fingerprint density at radius 2 is 1.57 bits per heavy atom. The van der Waals surface area contributed by atoms with Gasteiger partial charge in [-0.25, -0.2) is 8.78 Å². The van der Waals surface area contributed by atoms with Crippen molar-refractivity contribution in [3.8, 4) is 0 Å². The van der Waals surface area contributed by atoms with E-state index in [4.69, 9.17) is 0 Å². The van der Waals surface area contributed by atoms with Crippen molar-refractivity contribution < 1.29 is 8.78 Å². The van der Waals surface area contributed by atoms with Gasteiger partial charge in [-0.2, -0.15) is 0 Å². The summed E-state index contributed by atoms with van der Waals surface area (Å²) in [4.78, 5) is 0. The zero-order chi connectivity index (χ0) is 5.28. The van der Waals surface area contributed by atoms with Crippen LogP contribution in [0.1, 0.15) is 0 Å². The predicted molar refractivity (Wildman–Crippen MR) is 22.7 cm³/mol. The van der Waals surface area contributed by atoms with Gasteiger partial charge in [-0.1, -0.05) is 0 Å². The molecule has 0 aromatic carbocycles. The molecule has 0 saturated carbocycles. The first-order valence-corrected chi connectivity index (χ1v) is 2.29. The fraction of sp³-hybridized carbons (Fsp3) is 1.00. The summed E-state index contributed by atoms with van der Waals surface area (Å²) in [7, 11) is 0. The van der Waals surface area contributed by atoms with E-state index in [2.05, 4.69) is 5.32 Å². The third-order valence-electron chi connectivity index (χ3n) is 1.07. The van der Waals surface area contributed by atoms with E-state index in [0.717, 1.165) is 0 Å². The summed E-state index contributed by atoms with van der Waals surface area (Å²) in [6.07, 6.45) is -2.53. The van der Waals surface area contributed by atoms with Gasteiger partial charge >= 0.3 is 0 Å². The second-order valence-corrected chi connectivity index (χ2v) is 1.69. The summed E-state index contributed by atoms with van der Waals surface area (Å²) in [5, 5.41) is 2.57. The van der Waals surface area contributed by atoms with E-state index < -0.39 is 12.3 Å². The van der Waals surface area contributed by atoms with E-state index in [0.29, 0.717) is 0 Å². The fourth-order valence-electron chi connectivity index (χ4n) is 0.615. The molecule has 1 saturated heterocycles. The molecule has 2 atom stereocenters. The number of nitrogens with one attached hydrogen (secondary N) is 1. The number of halogens is 2. The first kappa shape index (κ1) is 4.97. The molecule has 0 spiro atoms. The molecule has 1 nitrogen and oxygen atoms in total. The molecule has 1 unspecified atom stereocenters. The van der Waals surface area contributed by atoms with E-state index in [1.54, 1.807) is 0 Å². The molecule has 0 amide bonds. The van der Waals surface area contributed by atoms with Crippen LogP contribution in [0, 0.1) is 0 Å². The van der Waals surface area contributed by atoms with Gasteiger partial charge in [0.2, 0.25) is 0 Å². The molecule has 3 heteroatoms. The standard InChI is InChI=1S/C4H7F2N/c5-3-1-7-2-4(3)6/h3-4,7H,1-2H2/t3-,4?/m0/s1. The van der Waals surface area contributed by atoms with Crippen molar-refractivity contribution in [1.82, 2.24) is 5.32 Å². The molecule has 0 radical (unpaired) electrons. The Morgan fingerprint density at radius 1 is 1.14 bits per heavy atom. The van der Waals surface area contributed by atoms with Crippen molar-refractivity contribution in [2.24, 2.45) is 0 Å². The zero-order valence-electron chi connectivity index (χ0n) is 3.82. The summed E-state index contributed by atoms with van der Waals surface area (Å²) in [6.45, 7) is 0.363. The lowest BCUT2D eigenvalue weighted by molar-refractivity contribution is 0.217. The van der Waals surface area contributed by atoms with Crippen molar-refractivity contribution in [3.63, 3.8) is 0 Å². The molecule has 0 aromatic heterocycles. The average Bonchev–Trinajstić information content (AvgIpc) is 1.91. The molecule has 0 aliphatic carbocycles. The van der Waals surface area contributed by atoms with Crippen LogP contribution >= 0.6 is 0 Å². The predicted octanol–water partition coefficient (Wildman–Crippen LogP) is 0.266. The van der Waals surface area contributed by atoms with Gasteiger partial charge in [-0.15, -0.1) is 0 Å². The molecule has 0 aromatic rings. The van der Waals surface area contributed by atoms with Crippen LogP contribution in [0.2, 0.25) is 0 Å². The quantitative estimate of drug-likeness (QED) is 0.468. The molecule has 1 N–H and O–H groups in total. The Hall–Kier alpha value is -0.180. The Kier molecular flexibility index (Phi) is 1.23. The lowest BCUT2D eigenvalue weighted by atomic mass is 10.3. The molecule has 1 rings (SSSR count). The van der Waals surface area contributed by atoms with E-state index in [1.165, 1.54) is 0 Å². The summed E-state index contributed by atoms with van der Waals surface area (Å²) in [5.41, 5.74) is 0. The smallest absolute Gasteiger partial charge is 0.145 e. The Labute approximate surface area is 40.7 Å². The van der Waals surface area contributed by atoms with Crippen molar-refractivity contribution in [1.29, 1.82) is 0 Å². The van der Waals surface area contributed by atoms with Gasteiger partial charge in [-0.3, -0.25) is 0 Å². The van der Waals surface area contributed by atoms with E-state index in [-0.39, 0.29) is 13.1 Å². The van der Waals surface area contributed by atoms with Crippen LogP contribution in [0.3, 0.4) is 0 Å². The van der Waals surface area contributed by atoms with Gasteiger partial charge in [-0.05, 0) is 0 Å². The van der Waals surface area contributed by atoms with Crippen LogP contribution in [-0.4, -0.2) is 25.4 Å². The zero-order valence-corrected chi connectivity index (χ0v) is 3.82. The van der Waals surface area contributed by atoms with Crippen molar-refractivity contribution in [3.05, 3.63) is 0 Å². The van der Waals surface area contributed by atoms with E-state index in [1.807, 2.05) is 0 Å². The van der Waals surface area contributed by atoms with Crippen LogP contribution in [0.25, 0.3) is 0 Å². The SMILES string of the molecule is FC1CNC[C@@H]1F. The lowest BCUT2D eigenvalue weighted by Gasteiger charge is -1.95. The maximum Gasteiger partial charge on any atom is 0.145 e. The molecule has 0 bridgehead atoms. The first-order valence-electron chi connectivity index (χ1n) is 2.29. The monoisotopic (exact) mass is 107 g/mol. The molecular weight excluding hydrogens is 100 g/mol. The van der Waals surface area contributed by atoms with Crippen LogP contribution in [0.15, 0.2) is 0 Å². The summed E-state index contributed by atoms with van der Waals surface area (Å²) in [5.74, 6) is 0. The Bertz CT molecular complexity index is 58.7. The van der Waals surface area contributed by atoms with Crippen LogP contribution in [-0.2, 0) is 0 Å². The largest absolute Gasteiger partial charge is 0.311 e. The Morgan fingerprint density at radius 3 is 1.71 bits per heavy atom. The third-order valence-corrected chi connectivity index (χ3v) is 1.07. The van der Waals surface area contributed by atoms with Crippen molar-refractivity contribution in [2.45, 2.75) is 12.3 Å². The third kappa shape index (κ3) is 0.881.